The average molecular weight is 270 g/mol. The number of aliphatic hydroxyl groups excluding tert-OH is 1. The van der Waals surface area contributed by atoms with E-state index in [4.69, 9.17) is 4.74 Å². The summed E-state index contributed by atoms with van der Waals surface area (Å²) in [6.07, 6.45) is 1.25. The summed E-state index contributed by atoms with van der Waals surface area (Å²) in [6.45, 7) is 4.75. The van der Waals surface area contributed by atoms with Crippen molar-refractivity contribution in [2.24, 2.45) is 0 Å². The maximum Gasteiger partial charge on any atom is 0.342 e. The van der Waals surface area contributed by atoms with E-state index in [1.807, 2.05) is 0 Å². The summed E-state index contributed by atoms with van der Waals surface area (Å²) in [5.74, 6) is 0.544. The summed E-state index contributed by atoms with van der Waals surface area (Å²) in [5, 5.41) is 20.4. The molecule has 0 bridgehead atoms. The normalized spacial score (nSPS) is 18.4. The van der Waals surface area contributed by atoms with Gasteiger partial charge in [0.05, 0.1) is 25.9 Å². The van der Waals surface area contributed by atoms with Gasteiger partial charge < -0.3 is 20.0 Å². The number of hydrogen-bond donors (Lipinski definition) is 1. The van der Waals surface area contributed by atoms with Crippen molar-refractivity contribution in [1.82, 2.24) is 14.5 Å². The Balaban J connectivity index is 2.13. The number of rotatable bonds is 5. The van der Waals surface area contributed by atoms with Crippen LogP contribution in [0.25, 0.3) is 0 Å². The lowest BCUT2D eigenvalue weighted by Crippen LogP contribution is -2.47. The Hall–Kier alpha value is -1.51. The van der Waals surface area contributed by atoms with E-state index in [0.29, 0.717) is 25.6 Å². The Morgan fingerprint density at radius 2 is 2.26 bits per heavy atom. The highest BCUT2D eigenvalue weighted by molar-refractivity contribution is 5.19. The predicted octanol–water partition coefficient (Wildman–Crippen LogP) is -0.207. The fraction of sp³-hybridized carbons (Fsp3) is 0.727. The molecule has 0 spiro atoms. The summed E-state index contributed by atoms with van der Waals surface area (Å²) in [7, 11) is 0. The maximum atomic E-state index is 10.9. The molecule has 1 aliphatic heterocycles. The molecule has 19 heavy (non-hydrogen) atoms. The highest BCUT2D eigenvalue weighted by Crippen LogP contribution is 2.16. The Morgan fingerprint density at radius 1 is 1.58 bits per heavy atom. The van der Waals surface area contributed by atoms with Gasteiger partial charge in [0.15, 0.2) is 5.82 Å². The first-order valence-corrected chi connectivity index (χ1v) is 6.22. The minimum absolute atomic E-state index is 0.0378. The first kappa shape index (κ1) is 13.9. The second-order valence-electron chi connectivity index (χ2n) is 4.52. The van der Waals surface area contributed by atoms with Crippen LogP contribution in [0.1, 0.15) is 5.82 Å². The third-order valence-electron chi connectivity index (χ3n) is 3.39. The molecule has 1 saturated heterocycles. The van der Waals surface area contributed by atoms with E-state index < -0.39 is 4.92 Å². The third kappa shape index (κ3) is 3.09. The molecule has 1 aromatic rings. The van der Waals surface area contributed by atoms with Gasteiger partial charge in [-0.05, 0) is 4.92 Å². The van der Waals surface area contributed by atoms with Gasteiger partial charge >= 0.3 is 5.82 Å². The lowest BCUT2D eigenvalue weighted by molar-refractivity contribution is -0.392. The van der Waals surface area contributed by atoms with Gasteiger partial charge in [-0.1, -0.05) is 0 Å². The molecule has 8 nitrogen and oxygen atoms in total. The summed E-state index contributed by atoms with van der Waals surface area (Å²) in [6, 6.07) is -0.157. The molecule has 0 radical (unpaired) electrons. The first-order valence-electron chi connectivity index (χ1n) is 6.22. The van der Waals surface area contributed by atoms with Gasteiger partial charge in [0.2, 0.25) is 0 Å². The van der Waals surface area contributed by atoms with Gasteiger partial charge in [-0.3, -0.25) is 4.90 Å². The van der Waals surface area contributed by atoms with Gasteiger partial charge in [-0.2, -0.15) is 0 Å². The number of imidazole rings is 1. The van der Waals surface area contributed by atoms with Gasteiger partial charge in [-0.25, -0.2) is 9.55 Å². The van der Waals surface area contributed by atoms with Gasteiger partial charge in [0.25, 0.3) is 0 Å². The van der Waals surface area contributed by atoms with Crippen LogP contribution in [0.4, 0.5) is 5.82 Å². The molecule has 2 rings (SSSR count). The minimum atomic E-state index is -0.451. The van der Waals surface area contributed by atoms with Crippen molar-refractivity contribution in [2.45, 2.75) is 19.5 Å². The van der Waals surface area contributed by atoms with Gasteiger partial charge in [0, 0.05) is 20.0 Å². The molecular weight excluding hydrogens is 252 g/mol. The predicted molar refractivity (Wildman–Crippen MR) is 66.9 cm³/mol. The SMILES string of the molecule is Cc1ncc([N+](=O)[O-])n1CC(CO)N1CCOCC1. The lowest BCUT2D eigenvalue weighted by Gasteiger charge is -2.32. The standard InChI is InChI=1S/C11H18N4O4/c1-9-12-6-11(15(17)18)14(9)7-10(8-16)13-2-4-19-5-3-13/h6,10,16H,2-5,7-8H2,1H3. The quantitative estimate of drug-likeness (QED) is 0.588. The van der Waals surface area contributed by atoms with Crippen molar-refractivity contribution in [3.05, 3.63) is 22.1 Å². The van der Waals surface area contributed by atoms with Crippen LogP contribution in [0.15, 0.2) is 6.20 Å². The van der Waals surface area contributed by atoms with Crippen molar-refractivity contribution in [3.8, 4) is 0 Å². The number of nitrogens with zero attached hydrogens (tertiary/aromatic N) is 4. The molecule has 106 valence electrons. The number of morpholine rings is 1. The fourth-order valence-electron chi connectivity index (χ4n) is 2.27. The van der Waals surface area contributed by atoms with E-state index in [1.54, 1.807) is 6.92 Å². The number of nitro groups is 1. The summed E-state index contributed by atoms with van der Waals surface area (Å²) in [4.78, 5) is 16.5. The van der Waals surface area contributed by atoms with E-state index >= 15 is 0 Å². The number of ether oxygens (including phenoxy) is 1. The molecule has 1 aromatic heterocycles. The minimum Gasteiger partial charge on any atom is -0.395 e. The van der Waals surface area contributed by atoms with Crippen LogP contribution in [-0.4, -0.2) is 63.4 Å². The molecule has 1 aliphatic rings. The topological polar surface area (TPSA) is 93.7 Å². The van der Waals surface area contributed by atoms with E-state index in [1.165, 1.54) is 10.8 Å². The summed E-state index contributed by atoms with van der Waals surface area (Å²) < 4.78 is 6.80. The second-order valence-corrected chi connectivity index (χ2v) is 4.52. The van der Waals surface area contributed by atoms with Crippen LogP contribution >= 0.6 is 0 Å². The van der Waals surface area contributed by atoms with Crippen LogP contribution in [-0.2, 0) is 11.3 Å². The molecule has 0 saturated carbocycles. The van der Waals surface area contributed by atoms with Crippen LogP contribution in [0.3, 0.4) is 0 Å². The lowest BCUT2D eigenvalue weighted by atomic mass is 10.2. The zero-order valence-electron chi connectivity index (χ0n) is 10.9. The molecule has 1 unspecified atom stereocenters. The Morgan fingerprint density at radius 3 is 2.84 bits per heavy atom. The van der Waals surface area contributed by atoms with Crippen LogP contribution in [0, 0.1) is 17.0 Å². The Labute approximate surface area is 110 Å². The largest absolute Gasteiger partial charge is 0.395 e. The van der Waals surface area contributed by atoms with Crippen molar-refractivity contribution >= 4 is 5.82 Å². The molecule has 0 amide bonds. The van der Waals surface area contributed by atoms with Gasteiger partial charge in [0.1, 0.15) is 12.7 Å². The number of hydrogen-bond acceptors (Lipinski definition) is 6. The first-order chi connectivity index (χ1) is 9.13. The van der Waals surface area contributed by atoms with Crippen molar-refractivity contribution in [2.75, 3.05) is 32.9 Å². The molecule has 0 aliphatic carbocycles. The van der Waals surface area contributed by atoms with Crippen LogP contribution in [0.2, 0.25) is 0 Å². The van der Waals surface area contributed by atoms with E-state index in [-0.39, 0.29) is 18.5 Å². The Kier molecular flexibility index (Phi) is 4.46. The molecule has 1 atom stereocenters. The number of aryl methyl sites for hydroxylation is 1. The van der Waals surface area contributed by atoms with Crippen molar-refractivity contribution in [1.29, 1.82) is 0 Å². The van der Waals surface area contributed by atoms with Crippen molar-refractivity contribution in [3.63, 3.8) is 0 Å². The highest BCUT2D eigenvalue weighted by atomic mass is 16.6. The zero-order chi connectivity index (χ0) is 13.8. The van der Waals surface area contributed by atoms with Gasteiger partial charge in [-0.15, -0.1) is 0 Å². The van der Waals surface area contributed by atoms with Crippen LogP contribution in [0.5, 0.6) is 0 Å². The van der Waals surface area contributed by atoms with E-state index in [2.05, 4.69) is 9.88 Å². The average Bonchev–Trinajstić information content (AvgIpc) is 2.78. The molecule has 2 heterocycles. The molecule has 1 N–H and O–H groups in total. The third-order valence-corrected chi connectivity index (χ3v) is 3.39. The zero-order valence-corrected chi connectivity index (χ0v) is 10.9. The number of aliphatic hydroxyl groups is 1. The molecule has 8 heteroatoms. The highest BCUT2D eigenvalue weighted by Gasteiger charge is 2.26. The van der Waals surface area contributed by atoms with E-state index in [0.717, 1.165) is 13.1 Å². The monoisotopic (exact) mass is 270 g/mol. The summed E-state index contributed by atoms with van der Waals surface area (Å²) in [5.41, 5.74) is 0. The van der Waals surface area contributed by atoms with Crippen LogP contribution < -0.4 is 0 Å². The molecular formula is C11H18N4O4. The summed E-state index contributed by atoms with van der Waals surface area (Å²) >= 11 is 0. The van der Waals surface area contributed by atoms with E-state index in [9.17, 15) is 15.2 Å². The second kappa shape index (κ2) is 6.09. The van der Waals surface area contributed by atoms with Crippen molar-refractivity contribution < 1.29 is 14.8 Å². The smallest absolute Gasteiger partial charge is 0.342 e. The molecule has 1 fully saturated rings. The maximum absolute atomic E-state index is 10.9. The fourth-order valence-corrected chi connectivity index (χ4v) is 2.27. The Bertz CT molecular complexity index is 442. The molecule has 0 aromatic carbocycles. The number of aromatic nitrogens is 2.